The number of anilines is 1. The Kier molecular flexibility index (Phi) is 5.65. The lowest BCUT2D eigenvalue weighted by Gasteiger charge is -2.08. The van der Waals surface area contributed by atoms with Crippen LogP contribution in [0.2, 0.25) is 0 Å². The van der Waals surface area contributed by atoms with Gasteiger partial charge in [0.2, 0.25) is 5.91 Å². The highest BCUT2D eigenvalue weighted by Gasteiger charge is 2.15. The number of hydrogen-bond donors (Lipinski definition) is 1. The van der Waals surface area contributed by atoms with Crippen LogP contribution >= 0.6 is 0 Å². The van der Waals surface area contributed by atoms with Crippen LogP contribution < -0.4 is 5.32 Å². The fourth-order valence-corrected chi connectivity index (χ4v) is 3.46. The molecule has 0 fully saturated rings. The van der Waals surface area contributed by atoms with Gasteiger partial charge in [-0.25, -0.2) is 0 Å². The average Bonchev–Trinajstić information content (AvgIpc) is 3.01. The monoisotopic (exact) mass is 403 g/mol. The summed E-state index contributed by atoms with van der Waals surface area (Å²) in [5, 5.41) is 22.2. The Balaban J connectivity index is 1.40. The molecule has 152 valence electrons. The van der Waals surface area contributed by atoms with E-state index in [1.807, 2.05) is 24.3 Å². The van der Waals surface area contributed by atoms with E-state index in [9.17, 15) is 14.9 Å². The summed E-state index contributed by atoms with van der Waals surface area (Å²) < 4.78 is 2.19. The van der Waals surface area contributed by atoms with Crippen molar-refractivity contribution >= 4 is 23.4 Å². The third kappa shape index (κ3) is 4.43. The van der Waals surface area contributed by atoms with E-state index in [2.05, 4.69) is 20.1 Å². The van der Waals surface area contributed by atoms with Gasteiger partial charge in [-0.15, -0.1) is 10.2 Å². The SMILES string of the molecule is O=C(C=Cc1ccc([N+](=O)[O-])cc1)Nc1ccc(-c2nnc3n2CCCCC3)cc1. The molecule has 0 unspecified atom stereocenters. The number of carbonyl (C=O) groups excluding carboxylic acids is 1. The van der Waals surface area contributed by atoms with Crippen molar-refractivity contribution in [3.63, 3.8) is 0 Å². The summed E-state index contributed by atoms with van der Waals surface area (Å²) in [5.41, 5.74) is 2.36. The number of nitro groups is 1. The molecule has 2 aromatic carbocycles. The highest BCUT2D eigenvalue weighted by molar-refractivity contribution is 6.02. The summed E-state index contributed by atoms with van der Waals surface area (Å²) in [4.78, 5) is 22.4. The zero-order valence-corrected chi connectivity index (χ0v) is 16.3. The van der Waals surface area contributed by atoms with Crippen LogP contribution in [0.5, 0.6) is 0 Å². The molecule has 0 radical (unpaired) electrons. The molecule has 1 N–H and O–H groups in total. The van der Waals surface area contributed by atoms with E-state index in [4.69, 9.17) is 0 Å². The number of fused-ring (bicyclic) bond motifs is 1. The third-order valence-electron chi connectivity index (χ3n) is 5.05. The minimum atomic E-state index is -0.458. The van der Waals surface area contributed by atoms with E-state index < -0.39 is 4.92 Å². The van der Waals surface area contributed by atoms with Gasteiger partial charge in [0.05, 0.1) is 4.92 Å². The van der Waals surface area contributed by atoms with Gasteiger partial charge in [-0.1, -0.05) is 6.42 Å². The smallest absolute Gasteiger partial charge is 0.269 e. The molecular weight excluding hydrogens is 382 g/mol. The number of aromatic nitrogens is 3. The number of nitro benzene ring substituents is 1. The molecule has 30 heavy (non-hydrogen) atoms. The molecular formula is C22H21N5O3. The van der Waals surface area contributed by atoms with Gasteiger partial charge in [0, 0.05) is 42.4 Å². The number of nitrogens with zero attached hydrogens (tertiary/aromatic N) is 4. The zero-order valence-electron chi connectivity index (χ0n) is 16.3. The second-order valence-corrected chi connectivity index (χ2v) is 7.15. The first kappa shape index (κ1) is 19.5. The molecule has 0 saturated carbocycles. The van der Waals surface area contributed by atoms with Crippen LogP contribution in [0.25, 0.3) is 17.5 Å². The molecule has 3 aromatic rings. The molecule has 8 heteroatoms. The number of carbonyl (C=O) groups is 1. The van der Waals surface area contributed by atoms with E-state index in [0.717, 1.165) is 43.0 Å². The van der Waals surface area contributed by atoms with Crippen molar-refractivity contribution in [2.24, 2.45) is 0 Å². The Morgan fingerprint density at radius 2 is 1.80 bits per heavy atom. The van der Waals surface area contributed by atoms with E-state index in [0.29, 0.717) is 11.3 Å². The highest BCUT2D eigenvalue weighted by atomic mass is 16.6. The number of nitrogens with one attached hydrogen (secondary N) is 1. The minimum absolute atomic E-state index is 0.0151. The number of benzene rings is 2. The second kappa shape index (κ2) is 8.69. The molecule has 1 aliphatic rings. The van der Waals surface area contributed by atoms with Gasteiger partial charge in [0.15, 0.2) is 5.82 Å². The van der Waals surface area contributed by atoms with Gasteiger partial charge in [-0.05, 0) is 60.9 Å². The first-order valence-electron chi connectivity index (χ1n) is 9.86. The molecule has 0 atom stereocenters. The van der Waals surface area contributed by atoms with Gasteiger partial charge in [-0.3, -0.25) is 14.9 Å². The van der Waals surface area contributed by atoms with Crippen molar-refractivity contribution in [3.05, 3.63) is 76.1 Å². The standard InChI is InChI=1S/C22H21N5O3/c28-21(14-7-16-5-12-19(13-6-16)27(29)30)23-18-10-8-17(9-11-18)22-25-24-20-4-2-1-3-15-26(20)22/h5-14H,1-4,15H2,(H,23,28). The van der Waals surface area contributed by atoms with E-state index in [1.54, 1.807) is 18.2 Å². The van der Waals surface area contributed by atoms with Crippen LogP contribution in [0.4, 0.5) is 11.4 Å². The number of hydrogen-bond acceptors (Lipinski definition) is 5. The van der Waals surface area contributed by atoms with Gasteiger partial charge in [0.25, 0.3) is 5.69 Å². The summed E-state index contributed by atoms with van der Waals surface area (Å²) in [6, 6.07) is 13.5. The topological polar surface area (TPSA) is 103 Å². The van der Waals surface area contributed by atoms with Crippen LogP contribution in [0, 0.1) is 10.1 Å². The van der Waals surface area contributed by atoms with Gasteiger partial charge < -0.3 is 9.88 Å². The van der Waals surface area contributed by atoms with Crippen molar-refractivity contribution in [1.82, 2.24) is 14.8 Å². The van der Waals surface area contributed by atoms with Crippen molar-refractivity contribution in [3.8, 4) is 11.4 Å². The van der Waals surface area contributed by atoms with Gasteiger partial charge in [-0.2, -0.15) is 0 Å². The normalized spacial score (nSPS) is 13.6. The van der Waals surface area contributed by atoms with Crippen molar-refractivity contribution in [2.75, 3.05) is 5.32 Å². The molecule has 2 heterocycles. The van der Waals surface area contributed by atoms with Crippen LogP contribution in [0.1, 0.15) is 30.7 Å². The van der Waals surface area contributed by atoms with E-state index >= 15 is 0 Å². The maximum absolute atomic E-state index is 12.2. The molecule has 0 saturated heterocycles. The van der Waals surface area contributed by atoms with E-state index in [-0.39, 0.29) is 11.6 Å². The van der Waals surface area contributed by atoms with Gasteiger partial charge >= 0.3 is 0 Å². The molecule has 8 nitrogen and oxygen atoms in total. The van der Waals surface area contributed by atoms with Crippen molar-refractivity contribution in [1.29, 1.82) is 0 Å². The first-order chi connectivity index (χ1) is 14.6. The Labute approximate surface area is 173 Å². The first-order valence-corrected chi connectivity index (χ1v) is 9.86. The number of rotatable bonds is 5. The summed E-state index contributed by atoms with van der Waals surface area (Å²) in [5.74, 6) is 1.62. The van der Waals surface area contributed by atoms with Crippen molar-refractivity contribution in [2.45, 2.75) is 32.2 Å². The Morgan fingerprint density at radius 3 is 2.53 bits per heavy atom. The summed E-state index contributed by atoms with van der Waals surface area (Å²) in [7, 11) is 0. The number of aryl methyl sites for hydroxylation is 1. The Morgan fingerprint density at radius 1 is 1.03 bits per heavy atom. The predicted molar refractivity (Wildman–Crippen MR) is 114 cm³/mol. The maximum Gasteiger partial charge on any atom is 0.269 e. The number of amides is 1. The predicted octanol–water partition coefficient (Wildman–Crippen LogP) is 4.23. The van der Waals surface area contributed by atoms with Crippen molar-refractivity contribution < 1.29 is 9.72 Å². The molecule has 0 bridgehead atoms. The Bertz CT molecular complexity index is 1080. The number of non-ortho nitro benzene ring substituents is 1. The third-order valence-corrected chi connectivity index (χ3v) is 5.05. The minimum Gasteiger partial charge on any atom is -0.323 e. The average molecular weight is 403 g/mol. The molecule has 4 rings (SSSR count). The summed E-state index contributed by atoms with van der Waals surface area (Å²) >= 11 is 0. The fourth-order valence-electron chi connectivity index (χ4n) is 3.46. The molecule has 1 aliphatic heterocycles. The quantitative estimate of drug-likeness (QED) is 0.390. The van der Waals surface area contributed by atoms with Crippen LogP contribution in [0.15, 0.2) is 54.6 Å². The lowest BCUT2D eigenvalue weighted by atomic mass is 10.2. The summed E-state index contributed by atoms with van der Waals surface area (Å²) in [6.45, 7) is 0.934. The van der Waals surface area contributed by atoms with Gasteiger partial charge in [0.1, 0.15) is 5.82 Å². The molecule has 0 aliphatic carbocycles. The van der Waals surface area contributed by atoms with Crippen LogP contribution in [0.3, 0.4) is 0 Å². The maximum atomic E-state index is 12.2. The fraction of sp³-hybridized carbons (Fsp3) is 0.227. The highest BCUT2D eigenvalue weighted by Crippen LogP contribution is 2.24. The second-order valence-electron chi connectivity index (χ2n) is 7.15. The molecule has 1 amide bonds. The Hall–Kier alpha value is -3.81. The van der Waals surface area contributed by atoms with Crippen LogP contribution in [-0.2, 0) is 17.8 Å². The van der Waals surface area contributed by atoms with E-state index in [1.165, 1.54) is 24.6 Å². The summed E-state index contributed by atoms with van der Waals surface area (Å²) in [6.07, 6.45) is 7.46. The van der Waals surface area contributed by atoms with Crippen LogP contribution in [-0.4, -0.2) is 25.6 Å². The largest absolute Gasteiger partial charge is 0.323 e. The molecule has 1 aromatic heterocycles. The lowest BCUT2D eigenvalue weighted by molar-refractivity contribution is -0.384. The zero-order chi connectivity index (χ0) is 20.9. The molecule has 0 spiro atoms. The lowest BCUT2D eigenvalue weighted by Crippen LogP contribution is -2.07.